The third-order valence-electron chi connectivity index (χ3n) is 5.63. The van der Waals surface area contributed by atoms with Crippen molar-refractivity contribution in [2.45, 2.75) is 40.2 Å². The molecular formula is C29H34N2O7. The lowest BCUT2D eigenvalue weighted by Gasteiger charge is -2.27. The summed E-state index contributed by atoms with van der Waals surface area (Å²) in [5, 5.41) is 2.26. The minimum Gasteiger partial charge on any atom is -0.493 e. The number of nitrogens with one attached hydrogen (secondary N) is 1. The smallest absolute Gasteiger partial charge is 0.331 e. The Kier molecular flexibility index (Phi) is 9.92. The largest absolute Gasteiger partial charge is 0.493 e. The molecule has 0 aromatic heterocycles. The molecule has 0 spiro atoms. The van der Waals surface area contributed by atoms with Gasteiger partial charge in [0.2, 0.25) is 0 Å². The second kappa shape index (κ2) is 13.3. The number of allylic oxidation sites excluding steroid dienone is 1. The fourth-order valence-electron chi connectivity index (χ4n) is 3.97. The number of methoxy groups -OCH3 is 1. The van der Waals surface area contributed by atoms with Gasteiger partial charge in [0.05, 0.1) is 33.5 Å². The molecule has 202 valence electrons. The van der Waals surface area contributed by atoms with Gasteiger partial charge in [0.15, 0.2) is 23.0 Å². The summed E-state index contributed by atoms with van der Waals surface area (Å²) >= 11 is 0. The molecule has 2 aromatic carbocycles. The van der Waals surface area contributed by atoms with Gasteiger partial charge in [0.25, 0.3) is 11.8 Å². The highest BCUT2D eigenvalue weighted by molar-refractivity contribution is 6.31. The fraction of sp³-hybridized carbons (Fsp3) is 0.345. The summed E-state index contributed by atoms with van der Waals surface area (Å²) in [6.45, 7) is 10.9. The maximum Gasteiger partial charge on any atom is 0.331 e. The highest BCUT2D eigenvalue weighted by Gasteiger charge is 2.36. The number of carbonyl (C=O) groups is 3. The van der Waals surface area contributed by atoms with Gasteiger partial charge in [0, 0.05) is 5.56 Å². The van der Waals surface area contributed by atoms with Crippen molar-refractivity contribution in [2.24, 2.45) is 0 Å². The van der Waals surface area contributed by atoms with E-state index in [1.165, 1.54) is 13.2 Å². The molecule has 3 rings (SSSR count). The summed E-state index contributed by atoms with van der Waals surface area (Å²) in [6, 6.07) is 7.92. The zero-order chi connectivity index (χ0) is 27.7. The first-order valence-corrected chi connectivity index (χ1v) is 12.6. The van der Waals surface area contributed by atoms with Gasteiger partial charge in [-0.15, -0.1) is 6.58 Å². The summed E-state index contributed by atoms with van der Waals surface area (Å²) < 4.78 is 22.7. The van der Waals surface area contributed by atoms with Crippen molar-refractivity contribution in [1.29, 1.82) is 0 Å². The van der Waals surface area contributed by atoms with Crippen LogP contribution in [0.15, 0.2) is 48.6 Å². The zero-order valence-corrected chi connectivity index (χ0v) is 22.3. The monoisotopic (exact) mass is 522 g/mol. The second-order valence-electron chi connectivity index (χ2n) is 8.41. The number of carbonyl (C=O) groups excluding carboxylic acids is 3. The number of barbiturate groups is 1. The number of rotatable bonds is 13. The van der Waals surface area contributed by atoms with Gasteiger partial charge in [-0.05, 0) is 68.2 Å². The van der Waals surface area contributed by atoms with E-state index in [1.807, 2.05) is 20.8 Å². The molecule has 9 nitrogen and oxygen atoms in total. The number of hydrogen-bond acceptors (Lipinski definition) is 7. The molecule has 0 saturated carbocycles. The van der Waals surface area contributed by atoms with E-state index in [2.05, 4.69) is 11.9 Å². The zero-order valence-electron chi connectivity index (χ0n) is 22.3. The molecule has 1 N–H and O–H groups in total. The Balaban J connectivity index is 1.94. The Bertz CT molecular complexity index is 1240. The van der Waals surface area contributed by atoms with Gasteiger partial charge in [0.1, 0.15) is 5.57 Å². The Morgan fingerprint density at radius 3 is 2.37 bits per heavy atom. The Labute approximate surface area is 223 Å². The van der Waals surface area contributed by atoms with Gasteiger partial charge < -0.3 is 18.9 Å². The lowest BCUT2D eigenvalue weighted by atomic mass is 10.0. The number of benzene rings is 2. The molecule has 1 aliphatic rings. The molecule has 0 aliphatic carbocycles. The molecule has 1 heterocycles. The van der Waals surface area contributed by atoms with E-state index in [1.54, 1.807) is 36.4 Å². The van der Waals surface area contributed by atoms with E-state index in [0.717, 1.165) is 16.9 Å². The number of urea groups is 1. The molecule has 0 radical (unpaired) electrons. The first kappa shape index (κ1) is 28.3. The molecule has 0 unspecified atom stereocenters. The van der Waals surface area contributed by atoms with Crippen LogP contribution in [0.2, 0.25) is 0 Å². The molecule has 0 atom stereocenters. The van der Waals surface area contributed by atoms with E-state index in [9.17, 15) is 14.4 Å². The van der Waals surface area contributed by atoms with E-state index in [0.29, 0.717) is 60.4 Å². The van der Waals surface area contributed by atoms with Crippen molar-refractivity contribution in [3.8, 4) is 23.0 Å². The molecule has 2 aromatic rings. The summed E-state index contributed by atoms with van der Waals surface area (Å²) in [7, 11) is 1.51. The Morgan fingerprint density at radius 2 is 1.71 bits per heavy atom. The molecule has 1 aliphatic heterocycles. The number of ether oxygens (including phenoxy) is 4. The molecule has 4 amide bonds. The quantitative estimate of drug-likeness (QED) is 0.232. The van der Waals surface area contributed by atoms with Crippen LogP contribution >= 0.6 is 0 Å². The third kappa shape index (κ3) is 6.53. The first-order chi connectivity index (χ1) is 18.4. The van der Waals surface area contributed by atoms with Crippen LogP contribution in [0.4, 0.5) is 4.79 Å². The number of imide groups is 2. The predicted octanol–water partition coefficient (Wildman–Crippen LogP) is 4.67. The topological polar surface area (TPSA) is 103 Å². The maximum atomic E-state index is 13.4. The van der Waals surface area contributed by atoms with E-state index < -0.39 is 17.8 Å². The fourth-order valence-corrected chi connectivity index (χ4v) is 3.97. The summed E-state index contributed by atoms with van der Waals surface area (Å²) in [4.78, 5) is 39.7. The molecule has 1 fully saturated rings. The summed E-state index contributed by atoms with van der Waals surface area (Å²) in [6.07, 6.45) is 4.50. The molecule has 38 heavy (non-hydrogen) atoms. The Morgan fingerprint density at radius 1 is 0.947 bits per heavy atom. The van der Waals surface area contributed by atoms with Gasteiger partial charge >= 0.3 is 6.03 Å². The number of hydrogen-bond donors (Lipinski definition) is 1. The highest BCUT2D eigenvalue weighted by Crippen LogP contribution is 2.35. The standard InChI is InChI=1S/C29H34N2O7/c1-6-10-21-14-20(17-25(35-5)26(21)37-9-4)15-22-27(32)30-29(34)31(28(22)33)18-19-11-12-23(38-13-7-2)24(16-19)36-8-3/h6,11-12,14-17H,1,7-10,13,18H2,2-5H3,(H,30,32,34)/b22-15+. The molecular weight excluding hydrogens is 488 g/mol. The first-order valence-electron chi connectivity index (χ1n) is 12.6. The Hall–Kier alpha value is -4.27. The molecule has 1 saturated heterocycles. The molecule has 9 heteroatoms. The number of amides is 4. The van der Waals surface area contributed by atoms with Crippen molar-refractivity contribution in [3.05, 3.63) is 65.3 Å². The van der Waals surface area contributed by atoms with Crippen molar-refractivity contribution in [1.82, 2.24) is 10.2 Å². The van der Waals surface area contributed by atoms with Crippen molar-refractivity contribution in [2.75, 3.05) is 26.9 Å². The minimum absolute atomic E-state index is 0.0578. The lowest BCUT2D eigenvalue weighted by Crippen LogP contribution is -2.53. The van der Waals surface area contributed by atoms with Crippen LogP contribution in [0.3, 0.4) is 0 Å². The maximum absolute atomic E-state index is 13.4. The third-order valence-corrected chi connectivity index (χ3v) is 5.63. The van der Waals surface area contributed by atoms with Crippen LogP contribution in [0.1, 0.15) is 43.9 Å². The van der Waals surface area contributed by atoms with Crippen molar-refractivity contribution < 1.29 is 33.3 Å². The lowest BCUT2D eigenvalue weighted by molar-refractivity contribution is -0.130. The van der Waals surface area contributed by atoms with Crippen LogP contribution in [-0.4, -0.2) is 49.7 Å². The average molecular weight is 523 g/mol. The molecule has 0 bridgehead atoms. The van der Waals surface area contributed by atoms with Crippen LogP contribution in [-0.2, 0) is 22.6 Å². The van der Waals surface area contributed by atoms with Gasteiger partial charge in [-0.3, -0.25) is 19.8 Å². The SMILES string of the molecule is C=CCc1cc(/C=C2\C(=O)NC(=O)N(Cc3ccc(OCCC)c(OCC)c3)C2=O)cc(OC)c1OCC. The predicted molar refractivity (Wildman–Crippen MR) is 144 cm³/mol. The van der Waals surface area contributed by atoms with Crippen LogP contribution < -0.4 is 24.3 Å². The normalized spacial score (nSPS) is 14.4. The van der Waals surface area contributed by atoms with E-state index >= 15 is 0 Å². The van der Waals surface area contributed by atoms with E-state index in [-0.39, 0.29) is 12.1 Å². The van der Waals surface area contributed by atoms with Gasteiger partial charge in [-0.1, -0.05) is 19.1 Å². The number of nitrogens with zero attached hydrogens (tertiary/aromatic N) is 1. The summed E-state index contributed by atoms with van der Waals surface area (Å²) in [5.74, 6) is 0.663. The van der Waals surface area contributed by atoms with Crippen molar-refractivity contribution in [3.63, 3.8) is 0 Å². The van der Waals surface area contributed by atoms with Gasteiger partial charge in [-0.25, -0.2) is 4.79 Å². The second-order valence-corrected chi connectivity index (χ2v) is 8.41. The van der Waals surface area contributed by atoms with Gasteiger partial charge in [-0.2, -0.15) is 0 Å². The highest BCUT2D eigenvalue weighted by atomic mass is 16.5. The van der Waals surface area contributed by atoms with Crippen LogP contribution in [0.5, 0.6) is 23.0 Å². The van der Waals surface area contributed by atoms with Crippen LogP contribution in [0, 0.1) is 0 Å². The summed E-state index contributed by atoms with van der Waals surface area (Å²) in [5.41, 5.74) is 1.81. The van der Waals surface area contributed by atoms with E-state index in [4.69, 9.17) is 18.9 Å². The minimum atomic E-state index is -0.793. The van der Waals surface area contributed by atoms with Crippen molar-refractivity contribution >= 4 is 23.9 Å². The van der Waals surface area contributed by atoms with Crippen LogP contribution in [0.25, 0.3) is 6.08 Å². The average Bonchev–Trinajstić information content (AvgIpc) is 2.90.